The van der Waals surface area contributed by atoms with E-state index in [-0.39, 0.29) is 0 Å². The molecule has 0 aliphatic rings. The van der Waals surface area contributed by atoms with Crippen molar-refractivity contribution in [3.05, 3.63) is 64.7 Å². The molecule has 2 aromatic carbocycles. The minimum atomic E-state index is 1.07. The van der Waals surface area contributed by atoms with Crippen molar-refractivity contribution in [2.45, 2.75) is 40.5 Å². The fourth-order valence-corrected chi connectivity index (χ4v) is 3.32. The molecule has 0 radical (unpaired) electrons. The summed E-state index contributed by atoms with van der Waals surface area (Å²) in [5, 5.41) is 1.33. The normalized spacial score (nSPS) is 11.1. The maximum absolute atomic E-state index is 4.93. The first kappa shape index (κ1) is 14.8. The highest BCUT2D eigenvalue weighted by molar-refractivity contribution is 5.88. The average molecular weight is 289 g/mol. The zero-order valence-electron chi connectivity index (χ0n) is 13.9. The summed E-state index contributed by atoms with van der Waals surface area (Å²) in [4.78, 5) is 4.93. The van der Waals surface area contributed by atoms with Gasteiger partial charge in [-0.1, -0.05) is 42.7 Å². The summed E-state index contributed by atoms with van der Waals surface area (Å²) in [7, 11) is 0. The molecule has 0 saturated carbocycles. The van der Waals surface area contributed by atoms with E-state index in [1.54, 1.807) is 0 Å². The Bertz CT molecular complexity index is 810. The van der Waals surface area contributed by atoms with Crippen molar-refractivity contribution in [2.75, 3.05) is 0 Å². The maximum Gasteiger partial charge on any atom is 0.0714 e. The Kier molecular flexibility index (Phi) is 3.98. The summed E-state index contributed by atoms with van der Waals surface area (Å²) in [6.07, 6.45) is 2.28. The Labute approximate surface area is 133 Å². The van der Waals surface area contributed by atoms with Gasteiger partial charge in [0.25, 0.3) is 0 Å². The Balaban J connectivity index is 2.21. The van der Waals surface area contributed by atoms with E-state index >= 15 is 0 Å². The third kappa shape index (κ3) is 2.76. The highest BCUT2D eigenvalue weighted by atomic mass is 14.7. The van der Waals surface area contributed by atoms with Crippen LogP contribution in [0.5, 0.6) is 0 Å². The fraction of sp³-hybridized carbons (Fsp3) is 0.286. The van der Waals surface area contributed by atoms with Gasteiger partial charge in [0.05, 0.1) is 11.2 Å². The van der Waals surface area contributed by atoms with Crippen molar-refractivity contribution < 1.29 is 0 Å². The predicted molar refractivity (Wildman–Crippen MR) is 95.4 cm³/mol. The van der Waals surface area contributed by atoms with Crippen LogP contribution in [0.2, 0.25) is 0 Å². The lowest BCUT2D eigenvalue weighted by molar-refractivity contribution is 0.928. The minimum Gasteiger partial charge on any atom is -0.248 e. The van der Waals surface area contributed by atoms with Crippen LogP contribution in [0.3, 0.4) is 0 Å². The van der Waals surface area contributed by atoms with Crippen molar-refractivity contribution in [3.63, 3.8) is 0 Å². The SMILES string of the molecule is CCCc1cccc2nc(-c3cc(C)cc(C)c3)cc(C)c12. The largest absolute Gasteiger partial charge is 0.248 e. The van der Waals surface area contributed by atoms with Crippen LogP contribution in [0.15, 0.2) is 42.5 Å². The predicted octanol–water partition coefficient (Wildman–Crippen LogP) is 5.78. The van der Waals surface area contributed by atoms with E-state index < -0.39 is 0 Å². The molecule has 112 valence electrons. The molecule has 0 atom stereocenters. The Morgan fingerprint density at radius 2 is 1.64 bits per heavy atom. The lowest BCUT2D eigenvalue weighted by Gasteiger charge is -2.11. The topological polar surface area (TPSA) is 12.9 Å². The molecule has 22 heavy (non-hydrogen) atoms. The first-order chi connectivity index (χ1) is 10.6. The van der Waals surface area contributed by atoms with Crippen molar-refractivity contribution in [1.29, 1.82) is 0 Å². The van der Waals surface area contributed by atoms with Crippen molar-refractivity contribution in [3.8, 4) is 11.3 Å². The van der Waals surface area contributed by atoms with Gasteiger partial charge in [-0.2, -0.15) is 0 Å². The van der Waals surface area contributed by atoms with Crippen LogP contribution in [0.25, 0.3) is 22.2 Å². The third-order valence-electron chi connectivity index (χ3n) is 4.15. The van der Waals surface area contributed by atoms with Crippen LogP contribution >= 0.6 is 0 Å². The molecule has 1 heteroatoms. The van der Waals surface area contributed by atoms with E-state index in [0.29, 0.717) is 0 Å². The molecule has 3 aromatic rings. The number of aromatic nitrogens is 1. The minimum absolute atomic E-state index is 1.07. The van der Waals surface area contributed by atoms with Gasteiger partial charge in [0.15, 0.2) is 0 Å². The number of benzene rings is 2. The number of fused-ring (bicyclic) bond motifs is 1. The molecule has 0 spiro atoms. The first-order valence-corrected chi connectivity index (χ1v) is 8.06. The monoisotopic (exact) mass is 289 g/mol. The van der Waals surface area contributed by atoms with Crippen LogP contribution in [0.1, 0.15) is 35.6 Å². The van der Waals surface area contributed by atoms with Crippen LogP contribution in [-0.2, 0) is 6.42 Å². The van der Waals surface area contributed by atoms with E-state index in [1.807, 2.05) is 0 Å². The second kappa shape index (κ2) is 5.92. The summed E-state index contributed by atoms with van der Waals surface area (Å²) in [6, 6.07) is 15.4. The second-order valence-electron chi connectivity index (χ2n) is 6.26. The molecule has 0 saturated heterocycles. The zero-order valence-corrected chi connectivity index (χ0v) is 13.9. The summed E-state index contributed by atoms with van der Waals surface area (Å²) in [5.41, 5.74) is 8.71. The van der Waals surface area contributed by atoms with E-state index in [4.69, 9.17) is 4.98 Å². The van der Waals surface area contributed by atoms with E-state index in [9.17, 15) is 0 Å². The van der Waals surface area contributed by atoms with Crippen LogP contribution < -0.4 is 0 Å². The van der Waals surface area contributed by atoms with Crippen molar-refractivity contribution >= 4 is 10.9 Å². The van der Waals surface area contributed by atoms with Crippen LogP contribution in [0.4, 0.5) is 0 Å². The molecule has 1 aromatic heterocycles. The van der Waals surface area contributed by atoms with E-state index in [0.717, 1.165) is 24.1 Å². The van der Waals surface area contributed by atoms with Crippen molar-refractivity contribution in [2.24, 2.45) is 0 Å². The molecule has 0 N–H and O–H groups in total. The summed E-state index contributed by atoms with van der Waals surface area (Å²) in [6.45, 7) is 8.72. The first-order valence-electron chi connectivity index (χ1n) is 8.06. The molecular weight excluding hydrogens is 266 g/mol. The Morgan fingerprint density at radius 3 is 2.32 bits per heavy atom. The number of aryl methyl sites for hydroxylation is 4. The molecule has 0 aliphatic carbocycles. The van der Waals surface area contributed by atoms with Gasteiger partial charge in [0.1, 0.15) is 0 Å². The van der Waals surface area contributed by atoms with E-state index in [1.165, 1.54) is 33.2 Å². The quantitative estimate of drug-likeness (QED) is 0.595. The van der Waals surface area contributed by atoms with Gasteiger partial charge in [-0.3, -0.25) is 0 Å². The maximum atomic E-state index is 4.93. The van der Waals surface area contributed by atoms with Gasteiger partial charge in [0.2, 0.25) is 0 Å². The highest BCUT2D eigenvalue weighted by Gasteiger charge is 2.09. The highest BCUT2D eigenvalue weighted by Crippen LogP contribution is 2.28. The smallest absolute Gasteiger partial charge is 0.0714 e. The number of hydrogen-bond donors (Lipinski definition) is 0. The van der Waals surface area contributed by atoms with Gasteiger partial charge >= 0.3 is 0 Å². The average Bonchev–Trinajstić information content (AvgIpc) is 2.46. The molecule has 0 aliphatic heterocycles. The standard InChI is InChI=1S/C21H23N/c1-5-7-17-8-6-9-19-21(17)16(4)13-20(22-19)18-11-14(2)10-15(3)12-18/h6,8-13H,5,7H2,1-4H3. The molecule has 3 rings (SSSR count). The molecule has 0 bridgehead atoms. The fourth-order valence-electron chi connectivity index (χ4n) is 3.32. The lowest BCUT2D eigenvalue weighted by Crippen LogP contribution is -1.94. The Morgan fingerprint density at radius 1 is 0.909 bits per heavy atom. The lowest BCUT2D eigenvalue weighted by atomic mass is 9.97. The molecule has 0 unspecified atom stereocenters. The number of hydrogen-bond acceptors (Lipinski definition) is 1. The molecule has 0 amide bonds. The zero-order chi connectivity index (χ0) is 15.7. The molecule has 1 heterocycles. The van der Waals surface area contributed by atoms with Gasteiger partial charge in [-0.15, -0.1) is 0 Å². The summed E-state index contributed by atoms with van der Waals surface area (Å²) < 4.78 is 0. The summed E-state index contributed by atoms with van der Waals surface area (Å²) >= 11 is 0. The van der Waals surface area contributed by atoms with Gasteiger partial charge in [-0.25, -0.2) is 4.98 Å². The molecular formula is C21H23N. The van der Waals surface area contributed by atoms with Crippen molar-refractivity contribution in [1.82, 2.24) is 4.98 Å². The second-order valence-corrected chi connectivity index (χ2v) is 6.26. The number of nitrogens with zero attached hydrogens (tertiary/aromatic N) is 1. The third-order valence-corrected chi connectivity index (χ3v) is 4.15. The number of pyridine rings is 1. The van der Waals surface area contributed by atoms with Crippen LogP contribution in [0, 0.1) is 20.8 Å². The molecule has 1 nitrogen and oxygen atoms in total. The van der Waals surface area contributed by atoms with E-state index in [2.05, 4.69) is 70.2 Å². The number of rotatable bonds is 3. The van der Waals surface area contributed by atoms with Gasteiger partial charge in [-0.05, 0) is 62.6 Å². The Hall–Kier alpha value is -2.15. The van der Waals surface area contributed by atoms with Crippen LogP contribution in [-0.4, -0.2) is 4.98 Å². The van der Waals surface area contributed by atoms with Gasteiger partial charge < -0.3 is 0 Å². The summed E-state index contributed by atoms with van der Waals surface area (Å²) in [5.74, 6) is 0. The molecule has 0 fully saturated rings. The van der Waals surface area contributed by atoms with Gasteiger partial charge in [0, 0.05) is 10.9 Å².